The van der Waals surface area contributed by atoms with Crippen molar-refractivity contribution in [2.24, 2.45) is 0 Å². The largest absolute Gasteiger partial charge is 0.378 e. The van der Waals surface area contributed by atoms with E-state index >= 15 is 0 Å². The van der Waals surface area contributed by atoms with Gasteiger partial charge < -0.3 is 14.6 Å². The highest BCUT2D eigenvalue weighted by atomic mass is 79.9. The van der Waals surface area contributed by atoms with Crippen LogP contribution in [0, 0.1) is 0 Å². The first-order valence-corrected chi connectivity index (χ1v) is 6.41. The summed E-state index contributed by atoms with van der Waals surface area (Å²) in [5.74, 6) is 1.63. The van der Waals surface area contributed by atoms with Gasteiger partial charge >= 0.3 is 0 Å². The molecule has 1 aliphatic rings. The van der Waals surface area contributed by atoms with E-state index in [1.807, 2.05) is 0 Å². The highest BCUT2D eigenvalue weighted by molar-refractivity contribution is 9.10. The van der Waals surface area contributed by atoms with Crippen molar-refractivity contribution >= 4 is 35.3 Å². The minimum atomic E-state index is 0.548. The van der Waals surface area contributed by atoms with Crippen LogP contribution in [0.5, 0.6) is 0 Å². The molecule has 6 nitrogen and oxygen atoms in total. The fourth-order valence-corrected chi connectivity index (χ4v) is 2.17. The number of rotatable bonds is 2. The van der Waals surface area contributed by atoms with Gasteiger partial charge in [0.1, 0.15) is 24.6 Å². The lowest BCUT2D eigenvalue weighted by atomic mass is 10.1. The zero-order chi connectivity index (χ0) is 12.5. The van der Waals surface area contributed by atoms with Gasteiger partial charge in [-0.05, 0) is 15.9 Å². The van der Waals surface area contributed by atoms with Crippen molar-refractivity contribution in [1.82, 2.24) is 19.5 Å². The summed E-state index contributed by atoms with van der Waals surface area (Å²) in [6.45, 7) is 3.15. The molecule has 0 unspecified atom stereocenters. The number of hydrogen-bond donors (Lipinski definition) is 1. The van der Waals surface area contributed by atoms with Gasteiger partial charge in [-0.1, -0.05) is 0 Å². The summed E-state index contributed by atoms with van der Waals surface area (Å²) in [4.78, 5) is 13.8. The molecule has 92 valence electrons. The number of imidazole rings is 2. The molecule has 2 aromatic rings. The van der Waals surface area contributed by atoms with Crippen LogP contribution in [-0.4, -0.2) is 53.7 Å². The Hall–Kier alpha value is -1.28. The molecule has 2 aromatic heterocycles. The van der Waals surface area contributed by atoms with Gasteiger partial charge in [-0.25, -0.2) is 9.97 Å². The van der Waals surface area contributed by atoms with Crippen LogP contribution in [0.4, 0.5) is 5.95 Å². The Labute approximate surface area is 114 Å². The van der Waals surface area contributed by atoms with E-state index in [2.05, 4.69) is 35.8 Å². The predicted octanol–water partition coefficient (Wildman–Crippen LogP) is -0.0117. The second-order valence-electron chi connectivity index (χ2n) is 3.98. The van der Waals surface area contributed by atoms with E-state index in [0.717, 1.165) is 38.1 Å². The average Bonchev–Trinajstić information content (AvgIpc) is 3.00. The summed E-state index contributed by atoms with van der Waals surface area (Å²) in [6.07, 6.45) is 3.39. The predicted molar refractivity (Wildman–Crippen MR) is 71.8 cm³/mol. The summed E-state index contributed by atoms with van der Waals surface area (Å²) < 4.78 is 7.69. The molecular formula is C10H11BBrN5O. The molecule has 0 aliphatic carbocycles. The molecule has 0 saturated carbocycles. The Bertz CT molecular complexity index is 548. The first-order valence-electron chi connectivity index (χ1n) is 5.62. The van der Waals surface area contributed by atoms with Crippen molar-refractivity contribution in [3.63, 3.8) is 0 Å². The topological polar surface area (TPSA) is 59.0 Å². The van der Waals surface area contributed by atoms with E-state index < -0.39 is 0 Å². The Morgan fingerprint density at radius 2 is 2.11 bits per heavy atom. The molecule has 0 bridgehead atoms. The van der Waals surface area contributed by atoms with Crippen LogP contribution < -0.4 is 10.5 Å². The maximum absolute atomic E-state index is 5.89. The van der Waals surface area contributed by atoms with Gasteiger partial charge in [0.2, 0.25) is 5.95 Å². The summed E-state index contributed by atoms with van der Waals surface area (Å²) in [6, 6.07) is 0. The normalized spacial score (nSPS) is 16.2. The molecule has 0 amide bonds. The number of halogens is 1. The van der Waals surface area contributed by atoms with Gasteiger partial charge in [-0.15, -0.1) is 0 Å². The molecule has 1 saturated heterocycles. The van der Waals surface area contributed by atoms with Crippen LogP contribution in [0.1, 0.15) is 0 Å². The second-order valence-corrected chi connectivity index (χ2v) is 4.73. The summed E-state index contributed by atoms with van der Waals surface area (Å²) in [7, 11) is 5.89. The first-order chi connectivity index (χ1) is 8.75. The maximum atomic E-state index is 5.89. The molecule has 1 aliphatic heterocycles. The molecule has 1 N–H and O–H groups in total. The number of ether oxygens (including phenoxy) is 1. The molecule has 2 radical (unpaired) electrons. The molecule has 18 heavy (non-hydrogen) atoms. The third-order valence-corrected chi connectivity index (χ3v) is 3.49. The number of anilines is 1. The molecule has 3 heterocycles. The lowest BCUT2D eigenvalue weighted by Crippen LogP contribution is -2.36. The second kappa shape index (κ2) is 4.77. The SMILES string of the molecule is [B]c1c(Br)ncn1-c1cnc(N2CCOCC2)[nH]1. The van der Waals surface area contributed by atoms with Gasteiger partial charge in [-0.2, -0.15) is 0 Å². The molecule has 1 fully saturated rings. The van der Waals surface area contributed by atoms with Crippen molar-refractivity contribution in [2.45, 2.75) is 0 Å². The van der Waals surface area contributed by atoms with Gasteiger partial charge in [-0.3, -0.25) is 4.57 Å². The third kappa shape index (κ3) is 2.06. The molecular weight excluding hydrogens is 297 g/mol. The van der Waals surface area contributed by atoms with Gasteiger partial charge in [0.15, 0.2) is 0 Å². The zero-order valence-corrected chi connectivity index (χ0v) is 11.2. The Morgan fingerprint density at radius 3 is 2.78 bits per heavy atom. The van der Waals surface area contributed by atoms with E-state index in [9.17, 15) is 0 Å². The highest BCUT2D eigenvalue weighted by Crippen LogP contribution is 2.14. The van der Waals surface area contributed by atoms with E-state index in [0.29, 0.717) is 10.2 Å². The molecule has 3 rings (SSSR count). The van der Waals surface area contributed by atoms with Gasteiger partial charge in [0.05, 0.1) is 19.4 Å². The Balaban J connectivity index is 1.87. The quantitative estimate of drug-likeness (QED) is 0.793. The molecule has 0 spiro atoms. The maximum Gasteiger partial charge on any atom is 0.204 e. The summed E-state index contributed by atoms with van der Waals surface area (Å²) in [5, 5.41) is 0. The van der Waals surface area contributed by atoms with Crippen LogP contribution in [0.3, 0.4) is 0 Å². The summed E-state index contributed by atoms with van der Waals surface area (Å²) in [5.41, 5.74) is 0.548. The van der Waals surface area contributed by atoms with Crippen LogP contribution in [0.2, 0.25) is 0 Å². The van der Waals surface area contributed by atoms with Crippen molar-refractivity contribution in [3.8, 4) is 5.82 Å². The number of hydrogen-bond acceptors (Lipinski definition) is 4. The first kappa shape index (κ1) is 11.8. The number of aromatic nitrogens is 4. The van der Waals surface area contributed by atoms with Crippen LogP contribution >= 0.6 is 15.9 Å². The lowest BCUT2D eigenvalue weighted by molar-refractivity contribution is 0.122. The van der Waals surface area contributed by atoms with Crippen molar-refractivity contribution < 1.29 is 4.74 Å². The van der Waals surface area contributed by atoms with E-state index in [1.165, 1.54) is 0 Å². The fraction of sp³-hybridized carbons (Fsp3) is 0.400. The van der Waals surface area contributed by atoms with E-state index in [-0.39, 0.29) is 0 Å². The van der Waals surface area contributed by atoms with Gasteiger partial charge in [0.25, 0.3) is 0 Å². The number of morpholine rings is 1. The zero-order valence-electron chi connectivity index (χ0n) is 9.64. The number of nitrogens with one attached hydrogen (secondary N) is 1. The standard InChI is InChI=1S/C10H11BBrN5O/c11-8-9(12)14-6-17(8)7-5-13-10(15-7)16-1-3-18-4-2-16/h5-6H,1-4H2,(H,13,15). The highest BCUT2D eigenvalue weighted by Gasteiger charge is 2.15. The van der Waals surface area contributed by atoms with Crippen LogP contribution in [0.15, 0.2) is 17.1 Å². The Morgan fingerprint density at radius 1 is 1.33 bits per heavy atom. The Kier molecular flexibility index (Phi) is 3.13. The number of aromatic amines is 1. The minimum absolute atomic E-state index is 0.548. The summed E-state index contributed by atoms with van der Waals surface area (Å²) >= 11 is 3.28. The van der Waals surface area contributed by atoms with Crippen LogP contribution in [-0.2, 0) is 4.74 Å². The number of nitrogens with zero attached hydrogens (tertiary/aromatic N) is 4. The minimum Gasteiger partial charge on any atom is -0.378 e. The van der Waals surface area contributed by atoms with Crippen LogP contribution in [0.25, 0.3) is 5.82 Å². The lowest BCUT2D eigenvalue weighted by Gasteiger charge is -2.26. The molecule has 0 atom stereocenters. The average molecular weight is 308 g/mol. The van der Waals surface area contributed by atoms with E-state index in [1.54, 1.807) is 17.1 Å². The van der Waals surface area contributed by atoms with Crippen molar-refractivity contribution in [1.29, 1.82) is 0 Å². The monoisotopic (exact) mass is 307 g/mol. The van der Waals surface area contributed by atoms with Crippen molar-refractivity contribution in [2.75, 3.05) is 31.2 Å². The van der Waals surface area contributed by atoms with E-state index in [4.69, 9.17) is 12.6 Å². The third-order valence-electron chi connectivity index (χ3n) is 2.88. The fourth-order valence-electron chi connectivity index (χ4n) is 1.89. The number of H-pyrrole nitrogens is 1. The molecule has 0 aromatic carbocycles. The van der Waals surface area contributed by atoms with Crippen molar-refractivity contribution in [3.05, 3.63) is 17.1 Å². The molecule has 8 heteroatoms. The smallest absolute Gasteiger partial charge is 0.204 e. The van der Waals surface area contributed by atoms with Gasteiger partial charge in [0, 0.05) is 18.7 Å².